The number of aromatic nitrogens is 1. The quantitative estimate of drug-likeness (QED) is 0.914. The molecular weight excluding hydrogens is 298 g/mol. The molecule has 1 amide bonds. The van der Waals surface area contributed by atoms with Crippen molar-refractivity contribution in [2.24, 2.45) is 5.41 Å². The lowest BCUT2D eigenvalue weighted by atomic mass is 9.71. The second-order valence-electron chi connectivity index (χ2n) is 6.20. The van der Waals surface area contributed by atoms with E-state index >= 15 is 0 Å². The lowest BCUT2D eigenvalue weighted by molar-refractivity contribution is -0.125. The highest BCUT2D eigenvalue weighted by molar-refractivity contribution is 7.22. The summed E-state index contributed by atoms with van der Waals surface area (Å²) in [6.45, 7) is 0.971. The molecule has 1 unspecified atom stereocenters. The van der Waals surface area contributed by atoms with Gasteiger partial charge in [0.05, 0.1) is 17.9 Å². The first-order valence-corrected chi connectivity index (χ1v) is 8.51. The third-order valence-electron chi connectivity index (χ3n) is 4.96. The van der Waals surface area contributed by atoms with E-state index in [1.165, 1.54) is 24.2 Å². The summed E-state index contributed by atoms with van der Waals surface area (Å²) < 4.78 is 6.34. The minimum atomic E-state index is -0.0658. The highest BCUT2D eigenvalue weighted by Gasteiger charge is 2.51. The molecule has 0 radical (unpaired) electrons. The van der Waals surface area contributed by atoms with Crippen LogP contribution in [0.4, 0.5) is 5.13 Å². The number of thiazole rings is 1. The van der Waals surface area contributed by atoms with Crippen molar-refractivity contribution in [1.82, 2.24) is 10.3 Å². The van der Waals surface area contributed by atoms with Crippen LogP contribution in [-0.4, -0.2) is 30.6 Å². The van der Waals surface area contributed by atoms with Crippen molar-refractivity contribution in [1.29, 1.82) is 0 Å². The van der Waals surface area contributed by atoms with E-state index in [4.69, 9.17) is 4.74 Å². The Morgan fingerprint density at radius 2 is 2.27 bits per heavy atom. The molecule has 1 aromatic carbocycles. The average Bonchev–Trinajstić information content (AvgIpc) is 3.13. The van der Waals surface area contributed by atoms with Crippen LogP contribution in [0.2, 0.25) is 0 Å². The molecule has 2 heterocycles. The maximum absolute atomic E-state index is 12.5. The molecule has 116 valence electrons. The third-order valence-corrected chi connectivity index (χ3v) is 5.90. The van der Waals surface area contributed by atoms with Crippen LogP contribution in [0.5, 0.6) is 5.75 Å². The van der Waals surface area contributed by atoms with Crippen LogP contribution in [0.25, 0.3) is 10.2 Å². The predicted octanol–water partition coefficient (Wildman–Crippen LogP) is 2.78. The molecule has 2 N–H and O–H groups in total. The van der Waals surface area contributed by atoms with Gasteiger partial charge in [0.15, 0.2) is 5.13 Å². The van der Waals surface area contributed by atoms with Gasteiger partial charge in [-0.1, -0.05) is 30.2 Å². The molecule has 2 aromatic rings. The summed E-state index contributed by atoms with van der Waals surface area (Å²) in [7, 11) is 1.63. The zero-order valence-electron chi connectivity index (χ0n) is 12.5. The van der Waals surface area contributed by atoms with Gasteiger partial charge in [-0.3, -0.25) is 4.79 Å². The molecule has 1 spiro atoms. The standard InChI is InChI=1S/C16H19N3O2S/c1-21-10-5-4-6-11-12(10)18-15(22-11)19-14(20)13-16(9-17-13)7-2-3-8-16/h4-6,13,17H,2-3,7-9H2,1H3,(H,18,19,20). The Morgan fingerprint density at radius 1 is 1.45 bits per heavy atom. The average molecular weight is 317 g/mol. The van der Waals surface area contributed by atoms with Crippen molar-refractivity contribution >= 4 is 32.6 Å². The summed E-state index contributed by atoms with van der Waals surface area (Å²) in [5.41, 5.74) is 1.00. The van der Waals surface area contributed by atoms with Crippen molar-refractivity contribution in [3.63, 3.8) is 0 Å². The number of anilines is 1. The zero-order chi connectivity index (χ0) is 15.2. The van der Waals surface area contributed by atoms with Gasteiger partial charge in [0.2, 0.25) is 5.91 Å². The van der Waals surface area contributed by atoms with E-state index in [0.717, 1.165) is 35.4 Å². The van der Waals surface area contributed by atoms with E-state index in [0.29, 0.717) is 5.13 Å². The number of nitrogens with zero attached hydrogens (tertiary/aromatic N) is 1. The van der Waals surface area contributed by atoms with Crippen LogP contribution >= 0.6 is 11.3 Å². The van der Waals surface area contributed by atoms with Gasteiger partial charge in [-0.15, -0.1) is 0 Å². The number of methoxy groups -OCH3 is 1. The molecule has 1 aromatic heterocycles. The Kier molecular flexibility index (Phi) is 3.31. The van der Waals surface area contributed by atoms with Gasteiger partial charge in [0.1, 0.15) is 11.3 Å². The predicted molar refractivity (Wildman–Crippen MR) is 87.5 cm³/mol. The van der Waals surface area contributed by atoms with Gasteiger partial charge >= 0.3 is 0 Å². The number of rotatable bonds is 3. The van der Waals surface area contributed by atoms with Crippen molar-refractivity contribution in [2.45, 2.75) is 31.7 Å². The number of benzene rings is 1. The Balaban J connectivity index is 1.55. The van der Waals surface area contributed by atoms with Gasteiger partial charge in [0.25, 0.3) is 0 Å². The number of hydrogen-bond donors (Lipinski definition) is 2. The molecule has 1 aliphatic carbocycles. The summed E-state index contributed by atoms with van der Waals surface area (Å²) in [5, 5.41) is 6.93. The lowest BCUT2D eigenvalue weighted by Gasteiger charge is -2.47. The van der Waals surface area contributed by atoms with Gasteiger partial charge in [-0.2, -0.15) is 0 Å². The van der Waals surface area contributed by atoms with Crippen LogP contribution in [0.3, 0.4) is 0 Å². The first kappa shape index (κ1) is 14.0. The highest BCUT2D eigenvalue weighted by atomic mass is 32.1. The summed E-state index contributed by atoms with van der Waals surface area (Å²) in [4.78, 5) is 17.1. The fraction of sp³-hybridized carbons (Fsp3) is 0.500. The minimum Gasteiger partial charge on any atom is -0.494 e. The first-order chi connectivity index (χ1) is 10.7. The largest absolute Gasteiger partial charge is 0.494 e. The number of hydrogen-bond acceptors (Lipinski definition) is 5. The molecule has 4 rings (SSSR count). The second kappa shape index (κ2) is 5.21. The van der Waals surface area contributed by atoms with Crippen LogP contribution in [-0.2, 0) is 4.79 Å². The fourth-order valence-corrected chi connectivity index (χ4v) is 4.61. The molecule has 1 saturated carbocycles. The molecule has 5 nitrogen and oxygen atoms in total. The number of amides is 1. The van der Waals surface area contributed by atoms with Crippen molar-refractivity contribution in [3.8, 4) is 5.75 Å². The van der Waals surface area contributed by atoms with E-state index < -0.39 is 0 Å². The van der Waals surface area contributed by atoms with E-state index in [1.54, 1.807) is 7.11 Å². The maximum Gasteiger partial charge on any atom is 0.243 e. The summed E-state index contributed by atoms with van der Waals surface area (Å²) in [6.07, 6.45) is 4.80. The van der Waals surface area contributed by atoms with Gasteiger partial charge in [-0.25, -0.2) is 4.98 Å². The zero-order valence-corrected chi connectivity index (χ0v) is 13.3. The van der Waals surface area contributed by atoms with E-state index in [-0.39, 0.29) is 17.4 Å². The minimum absolute atomic E-state index is 0.0474. The maximum atomic E-state index is 12.5. The summed E-state index contributed by atoms with van der Waals surface area (Å²) >= 11 is 1.49. The van der Waals surface area contributed by atoms with Crippen molar-refractivity contribution < 1.29 is 9.53 Å². The molecule has 1 atom stereocenters. The Morgan fingerprint density at radius 3 is 2.95 bits per heavy atom. The van der Waals surface area contributed by atoms with Gasteiger partial charge in [-0.05, 0) is 25.0 Å². The molecule has 1 aliphatic heterocycles. The number of fused-ring (bicyclic) bond motifs is 1. The van der Waals surface area contributed by atoms with Crippen molar-refractivity contribution in [3.05, 3.63) is 18.2 Å². The number of para-hydroxylation sites is 1. The smallest absolute Gasteiger partial charge is 0.243 e. The molecule has 0 bridgehead atoms. The molecule has 2 fully saturated rings. The summed E-state index contributed by atoms with van der Waals surface area (Å²) in [6, 6.07) is 5.75. The molecule has 22 heavy (non-hydrogen) atoms. The molecule has 1 saturated heterocycles. The molecular formula is C16H19N3O2S. The first-order valence-electron chi connectivity index (χ1n) is 7.70. The van der Waals surface area contributed by atoms with E-state index in [1.807, 2.05) is 18.2 Å². The highest BCUT2D eigenvalue weighted by Crippen LogP contribution is 2.46. The van der Waals surface area contributed by atoms with Crippen LogP contribution in [0.1, 0.15) is 25.7 Å². The lowest BCUT2D eigenvalue weighted by Crippen LogP contribution is -2.66. The summed E-state index contributed by atoms with van der Waals surface area (Å²) in [5.74, 6) is 0.787. The number of nitrogens with one attached hydrogen (secondary N) is 2. The van der Waals surface area contributed by atoms with Crippen LogP contribution < -0.4 is 15.4 Å². The molecule has 2 aliphatic rings. The number of carbonyl (C=O) groups is 1. The Bertz CT molecular complexity index is 721. The topological polar surface area (TPSA) is 63.2 Å². The second-order valence-corrected chi connectivity index (χ2v) is 7.23. The molecule has 6 heteroatoms. The van der Waals surface area contributed by atoms with Crippen molar-refractivity contribution in [2.75, 3.05) is 19.0 Å². The fourth-order valence-electron chi connectivity index (χ4n) is 3.73. The van der Waals surface area contributed by atoms with E-state index in [9.17, 15) is 4.79 Å². The van der Waals surface area contributed by atoms with E-state index in [2.05, 4.69) is 15.6 Å². The van der Waals surface area contributed by atoms with Gasteiger partial charge < -0.3 is 15.4 Å². The monoisotopic (exact) mass is 317 g/mol. The Labute approximate surface area is 133 Å². The van der Waals surface area contributed by atoms with Crippen LogP contribution in [0, 0.1) is 5.41 Å². The van der Waals surface area contributed by atoms with Crippen LogP contribution in [0.15, 0.2) is 18.2 Å². The SMILES string of the molecule is COc1cccc2sc(NC(=O)C3NCC34CCCC4)nc12. The normalized spacial score (nSPS) is 22.7. The third kappa shape index (κ3) is 2.09. The number of ether oxygens (including phenoxy) is 1. The Hall–Kier alpha value is -1.66. The van der Waals surface area contributed by atoms with Gasteiger partial charge in [0, 0.05) is 12.0 Å². The number of carbonyl (C=O) groups excluding carboxylic acids is 1.